The topological polar surface area (TPSA) is 66.0 Å². The lowest BCUT2D eigenvalue weighted by molar-refractivity contribution is 0.365. The highest BCUT2D eigenvalue weighted by atomic mass is 32.2. The number of benzene rings is 1. The van der Waals surface area contributed by atoms with Gasteiger partial charge in [-0.05, 0) is 68.2 Å². The second-order valence-corrected chi connectivity index (χ2v) is 9.91. The van der Waals surface area contributed by atoms with Crippen LogP contribution < -0.4 is 11.4 Å². The van der Waals surface area contributed by atoms with Gasteiger partial charge in [0.2, 0.25) is 0 Å². The summed E-state index contributed by atoms with van der Waals surface area (Å²) in [6.07, 6.45) is 8.72. The van der Waals surface area contributed by atoms with Crippen LogP contribution in [0, 0.1) is 0 Å². The monoisotopic (exact) mass is 425 g/mol. The Morgan fingerprint density at radius 3 is 2.33 bits per heavy atom. The van der Waals surface area contributed by atoms with Crippen molar-refractivity contribution in [1.29, 1.82) is 0 Å². The molecule has 3 aliphatic rings. The van der Waals surface area contributed by atoms with Gasteiger partial charge in [0, 0.05) is 11.9 Å². The molecule has 158 valence electrons. The molecule has 2 aliphatic carbocycles. The number of fused-ring (bicyclic) bond motifs is 3. The number of aromatic nitrogens is 3. The first-order valence-corrected chi connectivity index (χ1v) is 12.1. The van der Waals surface area contributed by atoms with Gasteiger partial charge in [0.05, 0.1) is 27.4 Å². The molecule has 2 heterocycles. The van der Waals surface area contributed by atoms with E-state index in [1.807, 2.05) is 30.3 Å². The molecule has 0 radical (unpaired) electrons. The van der Waals surface area contributed by atoms with Crippen molar-refractivity contribution in [2.24, 2.45) is 7.05 Å². The fourth-order valence-corrected chi connectivity index (χ4v) is 6.73. The largest absolute Gasteiger partial charge is 0.351 e. The van der Waals surface area contributed by atoms with E-state index in [4.69, 9.17) is 0 Å². The van der Waals surface area contributed by atoms with Crippen molar-refractivity contribution in [2.45, 2.75) is 68.7 Å². The fourth-order valence-electron chi connectivity index (χ4n) is 5.20. The Hall–Kier alpha value is -2.41. The van der Waals surface area contributed by atoms with Crippen LogP contribution in [0.25, 0.3) is 5.70 Å². The summed E-state index contributed by atoms with van der Waals surface area (Å²) in [5, 5.41) is 0. The third-order valence-electron chi connectivity index (χ3n) is 6.69. The van der Waals surface area contributed by atoms with Gasteiger partial charge in [-0.3, -0.25) is 0 Å². The van der Waals surface area contributed by atoms with E-state index in [2.05, 4.69) is 0 Å². The molecule has 1 aromatic carbocycles. The summed E-state index contributed by atoms with van der Waals surface area (Å²) in [4.78, 5) is 27.8. The van der Waals surface area contributed by atoms with Gasteiger partial charge >= 0.3 is 11.4 Å². The van der Waals surface area contributed by atoms with E-state index in [0.29, 0.717) is 0 Å². The molecular formula is C23H27N3O3S. The first-order chi connectivity index (χ1) is 14.6. The minimum Gasteiger partial charge on any atom is -0.249 e. The average molecular weight is 426 g/mol. The quantitative estimate of drug-likeness (QED) is 0.737. The molecule has 5 rings (SSSR count). The van der Waals surface area contributed by atoms with Crippen molar-refractivity contribution in [1.82, 2.24) is 13.9 Å². The molecule has 0 amide bonds. The van der Waals surface area contributed by atoms with E-state index in [1.54, 1.807) is 16.4 Å². The van der Waals surface area contributed by atoms with Crippen molar-refractivity contribution in [3.63, 3.8) is 0 Å². The zero-order valence-electron chi connectivity index (χ0n) is 17.3. The van der Waals surface area contributed by atoms with Crippen LogP contribution in [-0.4, -0.2) is 18.1 Å². The highest BCUT2D eigenvalue weighted by molar-refractivity contribution is 7.89. The molecule has 2 saturated carbocycles. The number of allylic oxidation sites excluding steroid dienone is 3. The maximum absolute atomic E-state index is 13.9. The minimum atomic E-state index is -1.40. The van der Waals surface area contributed by atoms with Crippen molar-refractivity contribution in [3.8, 4) is 0 Å². The van der Waals surface area contributed by atoms with Gasteiger partial charge in [-0.25, -0.2) is 23.0 Å². The molecule has 2 fully saturated rings. The molecule has 0 saturated heterocycles. The lowest BCUT2D eigenvalue weighted by Gasteiger charge is -2.36. The first-order valence-electron chi connectivity index (χ1n) is 10.9. The summed E-state index contributed by atoms with van der Waals surface area (Å²) in [5.74, 6) is 0. The maximum atomic E-state index is 13.9. The number of hydrogen-bond acceptors (Lipinski definition) is 3. The Kier molecular flexibility index (Phi) is 5.01. The predicted octanol–water partition coefficient (Wildman–Crippen LogP) is 3.71. The van der Waals surface area contributed by atoms with Crippen LogP contribution >= 0.6 is 0 Å². The number of nitrogens with zero attached hydrogens (tertiary/aromatic N) is 3. The van der Waals surface area contributed by atoms with Crippen molar-refractivity contribution in [3.05, 3.63) is 67.4 Å². The highest BCUT2D eigenvalue weighted by Gasteiger charge is 2.39. The zero-order valence-corrected chi connectivity index (χ0v) is 18.1. The predicted molar refractivity (Wildman–Crippen MR) is 118 cm³/mol. The highest BCUT2D eigenvalue weighted by Crippen LogP contribution is 2.45. The smallest absolute Gasteiger partial charge is 0.249 e. The summed E-state index contributed by atoms with van der Waals surface area (Å²) in [6.45, 7) is 0. The SMILES string of the molecule is Cn1c(=O)n2n(c1=O)C1CCCCC1=C(S(=O)c1ccccc1)C2=C1CCCCC1. The molecule has 2 unspecified atom stereocenters. The third kappa shape index (κ3) is 2.94. The summed E-state index contributed by atoms with van der Waals surface area (Å²) < 4.78 is 18.3. The summed E-state index contributed by atoms with van der Waals surface area (Å²) in [7, 11) is 0.149. The molecule has 7 heteroatoms. The summed E-state index contributed by atoms with van der Waals surface area (Å²) >= 11 is 0. The van der Waals surface area contributed by atoms with E-state index >= 15 is 0 Å². The fraction of sp³-hybridized carbons (Fsp3) is 0.478. The van der Waals surface area contributed by atoms with Gasteiger partial charge < -0.3 is 0 Å². The molecule has 0 N–H and O–H groups in total. The van der Waals surface area contributed by atoms with E-state index in [0.717, 1.165) is 72.4 Å². The van der Waals surface area contributed by atoms with E-state index in [9.17, 15) is 13.8 Å². The minimum absolute atomic E-state index is 0.184. The molecule has 0 spiro atoms. The van der Waals surface area contributed by atoms with E-state index in [-0.39, 0.29) is 17.4 Å². The lowest BCUT2D eigenvalue weighted by Crippen LogP contribution is -2.38. The van der Waals surface area contributed by atoms with Crippen molar-refractivity contribution in [2.75, 3.05) is 0 Å². The Morgan fingerprint density at radius 1 is 0.900 bits per heavy atom. The summed E-state index contributed by atoms with van der Waals surface area (Å²) in [5.41, 5.74) is 2.39. The average Bonchev–Trinajstić information content (AvgIpc) is 3.03. The van der Waals surface area contributed by atoms with Crippen LogP contribution in [0.3, 0.4) is 0 Å². The molecule has 1 aromatic heterocycles. The molecule has 6 nitrogen and oxygen atoms in total. The molecule has 2 atom stereocenters. The van der Waals surface area contributed by atoms with E-state index in [1.165, 1.54) is 16.6 Å². The lowest BCUT2D eigenvalue weighted by atomic mass is 9.86. The molecule has 0 bridgehead atoms. The summed E-state index contributed by atoms with van der Waals surface area (Å²) in [6, 6.07) is 9.31. The number of hydrogen-bond donors (Lipinski definition) is 0. The van der Waals surface area contributed by atoms with Crippen LogP contribution in [0.2, 0.25) is 0 Å². The first kappa shape index (κ1) is 19.5. The standard InChI is InChI=1S/C23H27N3O3S/c1-24-22(27)25-19-15-9-8-14-18(19)21(30(29)17-12-6-3-7-13-17)20(26(25)23(24)28)16-10-4-2-5-11-16/h3,6-7,12-13,19H,2,4-5,8-11,14-15H2,1H3. The Morgan fingerprint density at radius 2 is 1.60 bits per heavy atom. The maximum Gasteiger partial charge on any atom is 0.351 e. The molecule has 1 aliphatic heterocycles. The third-order valence-corrected chi connectivity index (χ3v) is 8.22. The van der Waals surface area contributed by atoms with Crippen LogP contribution in [0.4, 0.5) is 0 Å². The van der Waals surface area contributed by atoms with Crippen LogP contribution in [0.15, 0.2) is 60.9 Å². The van der Waals surface area contributed by atoms with Crippen molar-refractivity contribution >= 4 is 16.5 Å². The number of rotatable bonds is 2. The van der Waals surface area contributed by atoms with Gasteiger partial charge in [0.1, 0.15) is 0 Å². The van der Waals surface area contributed by atoms with Gasteiger partial charge in [-0.15, -0.1) is 0 Å². The van der Waals surface area contributed by atoms with Gasteiger partial charge in [0.15, 0.2) is 0 Å². The van der Waals surface area contributed by atoms with E-state index < -0.39 is 10.8 Å². The van der Waals surface area contributed by atoms with Crippen molar-refractivity contribution < 1.29 is 4.21 Å². The molecule has 2 aromatic rings. The Balaban J connectivity index is 1.84. The van der Waals surface area contributed by atoms with Crippen LogP contribution in [0.5, 0.6) is 0 Å². The molecule has 30 heavy (non-hydrogen) atoms. The van der Waals surface area contributed by atoms with Crippen LogP contribution in [-0.2, 0) is 17.8 Å². The normalized spacial score (nSPS) is 22.6. The second kappa shape index (κ2) is 7.69. The molecular weight excluding hydrogens is 398 g/mol. The Labute approximate surface area is 178 Å². The van der Waals surface area contributed by atoms with Gasteiger partial charge in [-0.1, -0.05) is 31.0 Å². The van der Waals surface area contributed by atoms with Crippen LogP contribution in [0.1, 0.15) is 63.8 Å². The second-order valence-electron chi connectivity index (χ2n) is 8.49. The Bertz CT molecular complexity index is 1190. The zero-order chi connectivity index (χ0) is 20.8. The van der Waals surface area contributed by atoms with Gasteiger partial charge in [0.25, 0.3) is 0 Å². The van der Waals surface area contributed by atoms with Gasteiger partial charge in [-0.2, -0.15) is 4.68 Å².